The molecule has 18 nitrogen and oxygen atoms in total. The number of likely N-dealkylation sites (tertiary alicyclic amines) is 2. The summed E-state index contributed by atoms with van der Waals surface area (Å²) in [7, 11) is 0. The van der Waals surface area contributed by atoms with Gasteiger partial charge in [-0.2, -0.15) is 10.0 Å². The quantitative estimate of drug-likeness (QED) is 0.118. The number of anilines is 2. The Kier molecular flexibility index (Phi) is 14.2. The Hall–Kier alpha value is -5.24. The Bertz CT molecular complexity index is 2230. The molecular weight excluding hydrogens is 869 g/mol. The highest BCUT2D eigenvalue weighted by molar-refractivity contribution is 5.93. The van der Waals surface area contributed by atoms with Crippen LogP contribution in [0.15, 0.2) is 57.4 Å². The van der Waals surface area contributed by atoms with Crippen LogP contribution in [0.25, 0.3) is 22.9 Å². The second-order valence-corrected chi connectivity index (χ2v) is 19.9. The third-order valence-corrected chi connectivity index (χ3v) is 14.6. The van der Waals surface area contributed by atoms with Crippen molar-refractivity contribution < 1.29 is 37.6 Å². The molecule has 10 rings (SSSR count). The van der Waals surface area contributed by atoms with Crippen LogP contribution in [0.3, 0.4) is 0 Å². The van der Waals surface area contributed by atoms with E-state index in [4.69, 9.17) is 28.0 Å². The summed E-state index contributed by atoms with van der Waals surface area (Å²) in [4.78, 5) is 44.5. The molecule has 2 aromatic carbocycles. The molecule has 4 aromatic rings. The highest BCUT2D eigenvalue weighted by Gasteiger charge is 2.39. The van der Waals surface area contributed by atoms with Crippen LogP contribution in [0.4, 0.5) is 11.4 Å². The molecule has 0 radical (unpaired) electrons. The maximum absolute atomic E-state index is 13.7. The second kappa shape index (κ2) is 20.8. The van der Waals surface area contributed by atoms with Gasteiger partial charge in [0.1, 0.15) is 11.4 Å². The molecule has 0 aliphatic carbocycles. The van der Waals surface area contributed by atoms with Crippen molar-refractivity contribution in [3.05, 3.63) is 71.5 Å². The minimum absolute atomic E-state index is 0.0387. The SMILES string of the molecule is CC(C)N1Cc2cccc(-c3nnc(C4CCN(CC5CCOCC5)CC4)o3)c2N1OC(=O)/C=C/C(=O)ON1c2c(cccc2-c2nnc(C3CCN(CC4CCOCC4)CC3)o2)CN1C(C)C. The molecule has 0 unspecified atom stereocenters. The van der Waals surface area contributed by atoms with Gasteiger partial charge in [-0.05, 0) is 140 Å². The number of fused-ring (bicyclic) bond motifs is 2. The van der Waals surface area contributed by atoms with Crippen molar-refractivity contribution in [1.82, 2.24) is 40.2 Å². The molecule has 0 bridgehead atoms. The summed E-state index contributed by atoms with van der Waals surface area (Å²) in [5.41, 5.74) is 4.47. The van der Waals surface area contributed by atoms with Crippen molar-refractivity contribution in [1.29, 1.82) is 0 Å². The highest BCUT2D eigenvalue weighted by atomic mass is 16.8. The summed E-state index contributed by atoms with van der Waals surface area (Å²) in [6.45, 7) is 18.7. The molecule has 0 atom stereocenters. The van der Waals surface area contributed by atoms with E-state index in [1.165, 1.54) is 10.3 Å². The summed E-state index contributed by atoms with van der Waals surface area (Å²) in [6.07, 6.45) is 10.5. The molecule has 2 aromatic heterocycles. The summed E-state index contributed by atoms with van der Waals surface area (Å²) >= 11 is 0. The molecule has 8 heterocycles. The van der Waals surface area contributed by atoms with Gasteiger partial charge in [0.15, 0.2) is 0 Å². The minimum atomic E-state index is -0.759. The van der Waals surface area contributed by atoms with Crippen molar-refractivity contribution >= 4 is 23.3 Å². The van der Waals surface area contributed by atoms with E-state index < -0.39 is 11.9 Å². The van der Waals surface area contributed by atoms with E-state index in [1.54, 1.807) is 0 Å². The normalized spacial score (nSPS) is 21.1. The van der Waals surface area contributed by atoms with Gasteiger partial charge in [-0.25, -0.2) is 9.59 Å². The first kappa shape index (κ1) is 46.5. The smallest absolute Gasteiger partial charge is 0.358 e. The fourth-order valence-corrected chi connectivity index (χ4v) is 10.6. The number of hydrazine groups is 2. The van der Waals surface area contributed by atoms with E-state index >= 15 is 0 Å². The number of carbonyl (C=O) groups excluding carboxylic acids is 2. The van der Waals surface area contributed by atoms with Crippen molar-refractivity contribution in [3.8, 4) is 22.9 Å². The number of ether oxygens (including phenoxy) is 2. The number of hydrogen-bond donors (Lipinski definition) is 0. The molecular formula is C50H66N10O8. The van der Waals surface area contributed by atoms with Crippen LogP contribution < -0.4 is 10.3 Å². The van der Waals surface area contributed by atoms with Gasteiger partial charge in [-0.3, -0.25) is 0 Å². The van der Waals surface area contributed by atoms with Crippen LogP contribution in [0, 0.1) is 11.8 Å². The average Bonchev–Trinajstić information content (AvgIpc) is 4.19. The summed E-state index contributed by atoms with van der Waals surface area (Å²) in [5, 5.41) is 24.9. The molecule has 6 aliphatic rings. The standard InChI is InChI=1S/C50H66N10O8/c1-33(2)57-31-39-7-5-9-41(49-53-51-47(65-49)37-13-21-55(22-14-37)29-35-17-25-63-26-18-35)45(39)59(57)67-43(61)11-12-44(62)68-60-46-40(32-58(60)34(3)4)8-6-10-42(46)50-54-52-48(66-50)38-15-23-56(24-16-38)30-36-19-27-64-28-20-36/h5-12,33-38H,13-32H2,1-4H3/b12-11+. The minimum Gasteiger partial charge on any atom is -0.420 e. The third kappa shape index (κ3) is 10.2. The molecule has 0 saturated carbocycles. The Labute approximate surface area is 398 Å². The lowest BCUT2D eigenvalue weighted by atomic mass is 9.94. The first-order chi connectivity index (χ1) is 33.1. The van der Waals surface area contributed by atoms with E-state index in [2.05, 4.69) is 30.2 Å². The average molecular weight is 935 g/mol. The number of para-hydroxylation sites is 2. The Morgan fingerprint density at radius 2 is 0.985 bits per heavy atom. The monoisotopic (exact) mass is 935 g/mol. The van der Waals surface area contributed by atoms with Gasteiger partial charge in [0, 0.05) is 88.7 Å². The van der Waals surface area contributed by atoms with Crippen LogP contribution in [-0.2, 0) is 41.8 Å². The van der Waals surface area contributed by atoms with E-state index in [0.717, 1.165) is 140 Å². The van der Waals surface area contributed by atoms with Crippen LogP contribution in [0.5, 0.6) is 0 Å². The summed E-state index contributed by atoms with van der Waals surface area (Å²) in [5.74, 6) is 2.22. The Balaban J connectivity index is 0.795. The van der Waals surface area contributed by atoms with Crippen molar-refractivity contribution in [2.75, 3.05) is 76.0 Å². The van der Waals surface area contributed by atoms with Gasteiger partial charge in [0.2, 0.25) is 23.6 Å². The predicted molar refractivity (Wildman–Crippen MR) is 251 cm³/mol. The molecule has 6 aliphatic heterocycles. The first-order valence-corrected chi connectivity index (χ1v) is 24.9. The number of carbonyl (C=O) groups is 2. The van der Waals surface area contributed by atoms with Gasteiger partial charge in [0.25, 0.3) is 0 Å². The van der Waals surface area contributed by atoms with Gasteiger partial charge >= 0.3 is 11.9 Å². The molecule has 0 N–H and O–H groups in total. The van der Waals surface area contributed by atoms with Crippen LogP contribution in [-0.4, -0.2) is 130 Å². The van der Waals surface area contributed by atoms with Gasteiger partial charge in [0.05, 0.1) is 11.1 Å². The number of aromatic nitrogens is 4. The predicted octanol–water partition coefficient (Wildman–Crippen LogP) is 7.06. The zero-order valence-corrected chi connectivity index (χ0v) is 40.0. The van der Waals surface area contributed by atoms with Gasteiger partial charge in [-0.1, -0.05) is 24.3 Å². The first-order valence-electron chi connectivity index (χ1n) is 24.9. The summed E-state index contributed by atoms with van der Waals surface area (Å²) in [6, 6.07) is 11.6. The number of hydrogen-bond acceptors (Lipinski definition) is 18. The zero-order chi connectivity index (χ0) is 46.7. The molecule has 364 valence electrons. The summed E-state index contributed by atoms with van der Waals surface area (Å²) < 4.78 is 23.9. The third-order valence-electron chi connectivity index (χ3n) is 14.6. The topological polar surface area (TPSA) is 168 Å². The number of nitrogens with zero attached hydrogens (tertiary/aromatic N) is 10. The Morgan fingerprint density at radius 1 is 0.588 bits per heavy atom. The molecule has 68 heavy (non-hydrogen) atoms. The van der Waals surface area contributed by atoms with Crippen LogP contribution in [0.1, 0.15) is 114 Å². The fraction of sp³-hybridized carbons (Fsp3) is 0.600. The highest BCUT2D eigenvalue weighted by Crippen LogP contribution is 2.43. The second-order valence-electron chi connectivity index (χ2n) is 19.9. The lowest BCUT2D eigenvalue weighted by molar-refractivity contribution is -0.149. The Morgan fingerprint density at radius 3 is 1.37 bits per heavy atom. The van der Waals surface area contributed by atoms with Crippen LogP contribution >= 0.6 is 0 Å². The maximum atomic E-state index is 13.7. The zero-order valence-electron chi connectivity index (χ0n) is 40.0. The van der Waals surface area contributed by atoms with Crippen LogP contribution in [0.2, 0.25) is 0 Å². The van der Waals surface area contributed by atoms with Gasteiger partial charge in [-0.15, -0.1) is 30.7 Å². The number of piperidine rings is 2. The van der Waals surface area contributed by atoms with Crippen molar-refractivity contribution in [3.63, 3.8) is 0 Å². The lowest BCUT2D eigenvalue weighted by Gasteiger charge is -2.34. The van der Waals surface area contributed by atoms with Crippen molar-refractivity contribution in [2.24, 2.45) is 11.8 Å². The fourth-order valence-electron chi connectivity index (χ4n) is 10.6. The number of benzene rings is 2. The van der Waals surface area contributed by atoms with E-state index in [-0.39, 0.29) is 23.9 Å². The molecule has 18 heteroatoms. The van der Waals surface area contributed by atoms with E-state index in [0.29, 0.717) is 71.0 Å². The molecule has 0 amide bonds. The number of rotatable bonds is 14. The largest absolute Gasteiger partial charge is 0.420 e. The lowest BCUT2D eigenvalue weighted by Crippen LogP contribution is -2.43. The van der Waals surface area contributed by atoms with Crippen molar-refractivity contribution in [2.45, 2.75) is 116 Å². The molecule has 4 saturated heterocycles. The van der Waals surface area contributed by atoms with E-state index in [1.807, 2.05) is 74.1 Å². The molecule has 4 fully saturated rings. The molecule has 0 spiro atoms. The maximum Gasteiger partial charge on any atom is 0.358 e. The van der Waals surface area contributed by atoms with Gasteiger partial charge < -0.3 is 37.8 Å². The van der Waals surface area contributed by atoms with E-state index in [9.17, 15) is 9.59 Å².